The molecule has 1 aromatic heterocycles. The lowest BCUT2D eigenvalue weighted by Crippen LogP contribution is -2.56. The van der Waals surface area contributed by atoms with Gasteiger partial charge >= 0.3 is 6.03 Å². The normalized spacial score (nSPS) is 30.4. The Morgan fingerprint density at radius 3 is 2.67 bits per heavy atom. The van der Waals surface area contributed by atoms with E-state index in [2.05, 4.69) is 21.6 Å². The molecule has 0 aromatic carbocycles. The molecule has 148 valence electrons. The summed E-state index contributed by atoms with van der Waals surface area (Å²) in [6.45, 7) is 7.60. The Labute approximate surface area is 162 Å². The first-order valence-corrected chi connectivity index (χ1v) is 10.7. The van der Waals surface area contributed by atoms with Crippen LogP contribution in [0.3, 0.4) is 0 Å². The summed E-state index contributed by atoms with van der Waals surface area (Å²) in [5.41, 5.74) is 2.54. The minimum Gasteiger partial charge on any atom is -0.338 e. The summed E-state index contributed by atoms with van der Waals surface area (Å²) in [5, 5.41) is 5.85. The molecule has 1 saturated carbocycles. The van der Waals surface area contributed by atoms with Crippen molar-refractivity contribution in [3.63, 3.8) is 0 Å². The number of nitrogens with one attached hydrogen (secondary N) is 2. The first-order chi connectivity index (χ1) is 13.1. The van der Waals surface area contributed by atoms with E-state index in [0.29, 0.717) is 30.3 Å². The molecule has 0 radical (unpaired) electrons. The lowest BCUT2D eigenvalue weighted by atomic mass is 9.74. The summed E-state index contributed by atoms with van der Waals surface area (Å²) >= 11 is 0. The van der Waals surface area contributed by atoms with Crippen LogP contribution in [0.25, 0.3) is 0 Å². The SMILES string of the molecule is CCNC(=O)NCC1CC2CCN1CC2c1cc(C2CCCC2)nc(C)n1. The summed E-state index contributed by atoms with van der Waals surface area (Å²) in [4.78, 5) is 23.9. The minimum absolute atomic E-state index is 0.0515. The molecule has 27 heavy (non-hydrogen) atoms. The van der Waals surface area contributed by atoms with Crippen molar-refractivity contribution in [2.75, 3.05) is 26.2 Å². The number of aryl methyl sites for hydroxylation is 1. The van der Waals surface area contributed by atoms with Crippen molar-refractivity contribution in [2.24, 2.45) is 5.92 Å². The van der Waals surface area contributed by atoms with E-state index in [1.54, 1.807) is 0 Å². The van der Waals surface area contributed by atoms with Gasteiger partial charge in [-0.25, -0.2) is 14.8 Å². The zero-order valence-electron chi connectivity index (χ0n) is 16.7. The molecule has 1 aliphatic carbocycles. The van der Waals surface area contributed by atoms with E-state index in [9.17, 15) is 4.79 Å². The lowest BCUT2D eigenvalue weighted by Gasteiger charge is -2.49. The van der Waals surface area contributed by atoms with Crippen LogP contribution in [0.15, 0.2) is 6.07 Å². The quantitative estimate of drug-likeness (QED) is 0.835. The summed E-state index contributed by atoms with van der Waals surface area (Å²) < 4.78 is 0. The average Bonchev–Trinajstić information content (AvgIpc) is 3.21. The second kappa shape index (κ2) is 8.13. The molecule has 6 nitrogen and oxygen atoms in total. The van der Waals surface area contributed by atoms with E-state index in [0.717, 1.165) is 31.9 Å². The molecule has 2 N–H and O–H groups in total. The van der Waals surface area contributed by atoms with Crippen molar-refractivity contribution >= 4 is 6.03 Å². The summed E-state index contributed by atoms with van der Waals surface area (Å²) in [6, 6.07) is 2.72. The molecule has 4 aliphatic rings. The van der Waals surface area contributed by atoms with Crippen molar-refractivity contribution in [2.45, 2.75) is 70.3 Å². The van der Waals surface area contributed by atoms with Gasteiger partial charge in [-0.2, -0.15) is 0 Å². The largest absolute Gasteiger partial charge is 0.338 e. The molecule has 4 fully saturated rings. The molecule has 0 spiro atoms. The van der Waals surface area contributed by atoms with E-state index >= 15 is 0 Å². The van der Waals surface area contributed by atoms with E-state index in [-0.39, 0.29) is 6.03 Å². The minimum atomic E-state index is -0.0515. The number of piperidine rings is 3. The highest BCUT2D eigenvalue weighted by molar-refractivity contribution is 5.73. The highest BCUT2D eigenvalue weighted by Crippen LogP contribution is 2.42. The molecule has 6 heteroatoms. The molecule has 1 aromatic rings. The van der Waals surface area contributed by atoms with Gasteiger partial charge in [0.2, 0.25) is 0 Å². The molecule has 4 unspecified atom stereocenters. The lowest BCUT2D eigenvalue weighted by molar-refractivity contribution is 0.0304. The van der Waals surface area contributed by atoms with Crippen LogP contribution in [0, 0.1) is 12.8 Å². The summed E-state index contributed by atoms with van der Waals surface area (Å²) in [6.07, 6.45) is 7.63. The van der Waals surface area contributed by atoms with Crippen molar-refractivity contribution in [3.8, 4) is 0 Å². The van der Waals surface area contributed by atoms with Crippen molar-refractivity contribution in [1.29, 1.82) is 0 Å². The maximum atomic E-state index is 11.7. The third-order valence-corrected chi connectivity index (χ3v) is 6.75. The number of fused-ring (bicyclic) bond motifs is 3. The number of carbonyl (C=O) groups is 1. The number of hydrogen-bond acceptors (Lipinski definition) is 4. The fourth-order valence-corrected chi connectivity index (χ4v) is 5.35. The van der Waals surface area contributed by atoms with Crippen molar-refractivity contribution < 1.29 is 4.79 Å². The van der Waals surface area contributed by atoms with E-state index in [1.165, 1.54) is 43.5 Å². The smallest absolute Gasteiger partial charge is 0.314 e. The third kappa shape index (κ3) is 4.10. The molecule has 2 bridgehead atoms. The Morgan fingerprint density at radius 2 is 1.96 bits per heavy atom. The molecular formula is C21H33N5O. The standard InChI is InChI=1S/C21H33N5O/c1-3-22-21(27)23-12-17-10-16-8-9-26(17)13-18(16)20-11-19(24-14(2)25-20)15-6-4-5-7-15/h11,15-18H,3-10,12-13H2,1-2H3,(H2,22,23,27). The molecule has 3 saturated heterocycles. The van der Waals surface area contributed by atoms with Crippen molar-refractivity contribution in [3.05, 3.63) is 23.3 Å². The highest BCUT2D eigenvalue weighted by atomic mass is 16.2. The molecule has 2 amide bonds. The Hall–Kier alpha value is -1.69. The summed E-state index contributed by atoms with van der Waals surface area (Å²) in [5.74, 6) is 2.75. The molecule has 4 heterocycles. The maximum Gasteiger partial charge on any atom is 0.314 e. The van der Waals surface area contributed by atoms with Gasteiger partial charge in [0.25, 0.3) is 0 Å². The maximum absolute atomic E-state index is 11.7. The Morgan fingerprint density at radius 1 is 1.19 bits per heavy atom. The molecular weight excluding hydrogens is 338 g/mol. The second-order valence-electron chi connectivity index (χ2n) is 8.53. The van der Waals surface area contributed by atoms with Crippen molar-refractivity contribution in [1.82, 2.24) is 25.5 Å². The number of nitrogens with zero attached hydrogens (tertiary/aromatic N) is 3. The van der Waals surface area contributed by atoms with E-state index in [4.69, 9.17) is 9.97 Å². The highest BCUT2D eigenvalue weighted by Gasteiger charge is 2.41. The van der Waals surface area contributed by atoms with Crippen LogP contribution in [0.1, 0.15) is 74.5 Å². The van der Waals surface area contributed by atoms with Gasteiger partial charge in [0.1, 0.15) is 5.82 Å². The van der Waals surface area contributed by atoms with E-state index < -0.39 is 0 Å². The molecule has 3 aliphatic heterocycles. The Balaban J connectivity index is 1.44. The van der Waals surface area contributed by atoms with Gasteiger partial charge in [-0.05, 0) is 58.1 Å². The van der Waals surface area contributed by atoms with Crippen LogP contribution in [0.2, 0.25) is 0 Å². The summed E-state index contributed by atoms with van der Waals surface area (Å²) in [7, 11) is 0. The molecule has 5 rings (SSSR count). The predicted octanol–water partition coefficient (Wildman–Crippen LogP) is 2.94. The fraction of sp³-hybridized carbons (Fsp3) is 0.762. The monoisotopic (exact) mass is 371 g/mol. The second-order valence-corrected chi connectivity index (χ2v) is 8.53. The van der Waals surface area contributed by atoms with Crippen LogP contribution in [-0.2, 0) is 0 Å². The van der Waals surface area contributed by atoms with Gasteiger partial charge in [-0.3, -0.25) is 4.90 Å². The zero-order chi connectivity index (χ0) is 18.8. The van der Waals surface area contributed by atoms with Gasteiger partial charge in [-0.15, -0.1) is 0 Å². The number of aromatic nitrogens is 2. The van der Waals surface area contributed by atoms with Crippen LogP contribution >= 0.6 is 0 Å². The van der Waals surface area contributed by atoms with Gasteiger partial charge in [0, 0.05) is 48.9 Å². The first kappa shape index (κ1) is 18.7. The van der Waals surface area contributed by atoms with E-state index in [1.807, 2.05) is 13.8 Å². The van der Waals surface area contributed by atoms with Gasteiger partial charge < -0.3 is 10.6 Å². The number of carbonyl (C=O) groups excluding carboxylic acids is 1. The number of urea groups is 1. The predicted molar refractivity (Wildman–Crippen MR) is 106 cm³/mol. The number of rotatable bonds is 5. The average molecular weight is 372 g/mol. The van der Waals surface area contributed by atoms with Gasteiger partial charge in [0.15, 0.2) is 0 Å². The van der Waals surface area contributed by atoms with Crippen LogP contribution in [-0.4, -0.2) is 53.1 Å². The number of amides is 2. The van der Waals surface area contributed by atoms with Gasteiger partial charge in [-0.1, -0.05) is 12.8 Å². The fourth-order valence-electron chi connectivity index (χ4n) is 5.35. The van der Waals surface area contributed by atoms with Crippen LogP contribution in [0.5, 0.6) is 0 Å². The Bertz CT molecular complexity index is 673. The topological polar surface area (TPSA) is 70.2 Å². The Kier molecular flexibility index (Phi) is 5.62. The van der Waals surface area contributed by atoms with Crippen LogP contribution in [0.4, 0.5) is 4.79 Å². The number of hydrogen-bond donors (Lipinski definition) is 2. The third-order valence-electron chi connectivity index (χ3n) is 6.75. The molecule has 4 atom stereocenters. The first-order valence-electron chi connectivity index (χ1n) is 10.7. The van der Waals surface area contributed by atoms with Gasteiger partial charge in [0.05, 0.1) is 0 Å². The van der Waals surface area contributed by atoms with Crippen LogP contribution < -0.4 is 10.6 Å². The zero-order valence-corrected chi connectivity index (χ0v) is 16.7.